The van der Waals surface area contributed by atoms with E-state index in [0.717, 1.165) is 29.5 Å². The summed E-state index contributed by atoms with van der Waals surface area (Å²) < 4.78 is 45.3. The van der Waals surface area contributed by atoms with Crippen molar-refractivity contribution in [3.8, 4) is 0 Å². The lowest BCUT2D eigenvalue weighted by atomic mass is 10.0. The molecule has 0 saturated carbocycles. The largest absolute Gasteiger partial charge is 0.379 e. The summed E-state index contributed by atoms with van der Waals surface area (Å²) in [5.41, 5.74) is 0.904. The smallest absolute Gasteiger partial charge is 0.230 e. The van der Waals surface area contributed by atoms with Crippen molar-refractivity contribution in [2.24, 2.45) is 0 Å². The first kappa shape index (κ1) is 20.7. The molecule has 3 rings (SSSR count). The fourth-order valence-corrected chi connectivity index (χ4v) is 3.78. The van der Waals surface area contributed by atoms with Crippen LogP contribution in [0.1, 0.15) is 11.6 Å². The molecule has 0 spiro atoms. The van der Waals surface area contributed by atoms with Crippen LogP contribution in [0.25, 0.3) is 0 Å². The summed E-state index contributed by atoms with van der Waals surface area (Å²) in [6.45, 7) is 2.98. The molecule has 0 radical (unpaired) electrons. The van der Waals surface area contributed by atoms with E-state index in [2.05, 4.69) is 10.2 Å². The van der Waals surface area contributed by atoms with Crippen molar-refractivity contribution in [2.75, 3.05) is 38.6 Å². The van der Waals surface area contributed by atoms with Gasteiger partial charge in [-0.15, -0.1) is 11.8 Å². The number of rotatable bonds is 7. The molecule has 4 nitrogen and oxygen atoms in total. The lowest BCUT2D eigenvalue weighted by Gasteiger charge is -2.35. The Hall–Kier alpha value is -2.03. The molecular formula is C20H21F3N2O2S. The average Bonchev–Trinajstić information content (AvgIpc) is 2.69. The molecule has 0 aliphatic carbocycles. The molecule has 1 fully saturated rings. The molecule has 150 valence electrons. The summed E-state index contributed by atoms with van der Waals surface area (Å²) in [6.07, 6.45) is 0. The lowest BCUT2D eigenvalue weighted by molar-refractivity contribution is -0.118. The van der Waals surface area contributed by atoms with E-state index >= 15 is 0 Å². The van der Waals surface area contributed by atoms with E-state index in [0.29, 0.717) is 32.8 Å². The van der Waals surface area contributed by atoms with Gasteiger partial charge in [0.2, 0.25) is 5.91 Å². The van der Waals surface area contributed by atoms with Gasteiger partial charge in [0.05, 0.1) is 25.0 Å². The minimum atomic E-state index is -0.685. The van der Waals surface area contributed by atoms with E-state index in [1.807, 2.05) is 0 Å². The predicted molar refractivity (Wildman–Crippen MR) is 102 cm³/mol. The van der Waals surface area contributed by atoms with Gasteiger partial charge in [-0.1, -0.05) is 12.1 Å². The van der Waals surface area contributed by atoms with Gasteiger partial charge in [-0.3, -0.25) is 9.69 Å². The van der Waals surface area contributed by atoms with Gasteiger partial charge in [0.25, 0.3) is 0 Å². The van der Waals surface area contributed by atoms with Crippen molar-refractivity contribution in [3.63, 3.8) is 0 Å². The molecule has 8 heteroatoms. The molecule has 28 heavy (non-hydrogen) atoms. The Morgan fingerprint density at radius 2 is 1.75 bits per heavy atom. The van der Waals surface area contributed by atoms with E-state index in [-0.39, 0.29) is 28.4 Å². The topological polar surface area (TPSA) is 41.6 Å². The van der Waals surface area contributed by atoms with E-state index in [9.17, 15) is 18.0 Å². The number of morpholine rings is 1. The van der Waals surface area contributed by atoms with Crippen LogP contribution in [-0.2, 0) is 9.53 Å². The van der Waals surface area contributed by atoms with Crippen molar-refractivity contribution < 1.29 is 22.7 Å². The quantitative estimate of drug-likeness (QED) is 0.711. The number of hydrogen-bond acceptors (Lipinski definition) is 4. The molecule has 1 heterocycles. The number of carbonyl (C=O) groups is 1. The van der Waals surface area contributed by atoms with Crippen LogP contribution < -0.4 is 5.32 Å². The summed E-state index contributed by atoms with van der Waals surface area (Å²) in [7, 11) is 0. The molecule has 1 atom stereocenters. The minimum Gasteiger partial charge on any atom is -0.379 e. The fourth-order valence-electron chi connectivity index (χ4n) is 3.03. The number of carbonyl (C=O) groups excluding carboxylic acids is 1. The molecular weight excluding hydrogens is 389 g/mol. The first-order valence-corrected chi connectivity index (χ1v) is 9.93. The fraction of sp³-hybridized carbons (Fsp3) is 0.350. The summed E-state index contributed by atoms with van der Waals surface area (Å²) in [5, 5.41) is 2.86. The number of halogens is 3. The second-order valence-electron chi connectivity index (χ2n) is 6.38. The Kier molecular flexibility index (Phi) is 7.36. The predicted octanol–water partition coefficient (Wildman–Crippen LogP) is 3.39. The molecule has 1 unspecified atom stereocenters. The zero-order valence-corrected chi connectivity index (χ0v) is 16.0. The number of nitrogens with zero attached hydrogens (tertiary/aromatic N) is 1. The molecule has 0 bridgehead atoms. The van der Waals surface area contributed by atoms with Gasteiger partial charge in [0.1, 0.15) is 17.5 Å². The highest BCUT2D eigenvalue weighted by Gasteiger charge is 2.23. The second kappa shape index (κ2) is 9.95. The van der Waals surface area contributed by atoms with Gasteiger partial charge in [0, 0.05) is 30.6 Å². The minimum absolute atomic E-state index is 0.0157. The Morgan fingerprint density at radius 1 is 1.07 bits per heavy atom. The van der Waals surface area contributed by atoms with E-state index in [1.165, 1.54) is 18.2 Å². The highest BCUT2D eigenvalue weighted by atomic mass is 32.2. The van der Waals surface area contributed by atoms with Gasteiger partial charge in [0.15, 0.2) is 0 Å². The number of amides is 1. The molecule has 2 aromatic rings. The van der Waals surface area contributed by atoms with E-state index < -0.39 is 11.6 Å². The van der Waals surface area contributed by atoms with Crippen LogP contribution in [0.4, 0.5) is 13.2 Å². The lowest BCUT2D eigenvalue weighted by Crippen LogP contribution is -2.44. The third-order valence-corrected chi connectivity index (χ3v) is 5.54. The molecule has 0 aromatic heterocycles. The molecule has 1 amide bonds. The summed E-state index contributed by atoms with van der Waals surface area (Å²) in [4.78, 5) is 14.6. The molecule has 1 saturated heterocycles. The Bertz CT molecular complexity index is 799. The maximum Gasteiger partial charge on any atom is 0.230 e. The third-order valence-electron chi connectivity index (χ3n) is 4.49. The average molecular weight is 410 g/mol. The van der Waals surface area contributed by atoms with Crippen molar-refractivity contribution in [3.05, 3.63) is 65.5 Å². The van der Waals surface area contributed by atoms with Crippen LogP contribution in [0.2, 0.25) is 0 Å². The molecule has 1 aliphatic rings. The van der Waals surface area contributed by atoms with Crippen LogP contribution >= 0.6 is 11.8 Å². The van der Waals surface area contributed by atoms with Crippen molar-refractivity contribution in [1.29, 1.82) is 0 Å². The third kappa shape index (κ3) is 5.73. The standard InChI is InChI=1S/C20H21F3N2O2S/c21-15-3-1-14(2-4-15)18(25-7-9-27-10-8-25)12-24-20(26)13-28-19-6-5-16(22)11-17(19)23/h1-6,11,18H,7-10,12-13H2,(H,24,26). The summed E-state index contributed by atoms with van der Waals surface area (Å²) in [6, 6.07) is 9.39. The van der Waals surface area contributed by atoms with Crippen LogP contribution in [0, 0.1) is 17.5 Å². The van der Waals surface area contributed by atoms with Gasteiger partial charge >= 0.3 is 0 Å². The number of hydrogen-bond donors (Lipinski definition) is 1. The van der Waals surface area contributed by atoms with Crippen molar-refractivity contribution in [1.82, 2.24) is 10.2 Å². The molecule has 1 aliphatic heterocycles. The van der Waals surface area contributed by atoms with Crippen LogP contribution in [-0.4, -0.2) is 49.4 Å². The highest BCUT2D eigenvalue weighted by Crippen LogP contribution is 2.23. The summed E-state index contributed by atoms with van der Waals surface area (Å²) >= 11 is 1.01. The monoisotopic (exact) mass is 410 g/mol. The first-order chi connectivity index (χ1) is 13.5. The Labute approximate surface area is 166 Å². The first-order valence-electron chi connectivity index (χ1n) is 8.95. The second-order valence-corrected chi connectivity index (χ2v) is 7.40. The van der Waals surface area contributed by atoms with Gasteiger partial charge < -0.3 is 10.1 Å². The van der Waals surface area contributed by atoms with Gasteiger partial charge in [-0.2, -0.15) is 0 Å². The SMILES string of the molecule is O=C(CSc1ccc(F)cc1F)NCC(c1ccc(F)cc1)N1CCOCC1. The van der Waals surface area contributed by atoms with Crippen LogP contribution in [0.15, 0.2) is 47.4 Å². The Morgan fingerprint density at radius 3 is 2.43 bits per heavy atom. The number of benzene rings is 2. The summed E-state index contributed by atoms with van der Waals surface area (Å²) in [5.74, 6) is -1.89. The van der Waals surface area contributed by atoms with Crippen molar-refractivity contribution >= 4 is 17.7 Å². The zero-order valence-electron chi connectivity index (χ0n) is 15.2. The van der Waals surface area contributed by atoms with Gasteiger partial charge in [-0.25, -0.2) is 13.2 Å². The molecule has 2 aromatic carbocycles. The van der Waals surface area contributed by atoms with Crippen LogP contribution in [0.3, 0.4) is 0 Å². The van der Waals surface area contributed by atoms with Crippen molar-refractivity contribution in [2.45, 2.75) is 10.9 Å². The molecule has 1 N–H and O–H groups in total. The zero-order chi connectivity index (χ0) is 19.9. The van der Waals surface area contributed by atoms with E-state index in [4.69, 9.17) is 4.74 Å². The number of ether oxygens (including phenoxy) is 1. The van der Waals surface area contributed by atoms with Gasteiger partial charge in [-0.05, 0) is 29.8 Å². The Balaban J connectivity index is 1.59. The normalized spacial score (nSPS) is 16.0. The maximum absolute atomic E-state index is 13.7. The maximum atomic E-state index is 13.7. The van der Waals surface area contributed by atoms with Crippen LogP contribution in [0.5, 0.6) is 0 Å². The van der Waals surface area contributed by atoms with E-state index in [1.54, 1.807) is 12.1 Å². The number of nitrogens with one attached hydrogen (secondary N) is 1. The highest BCUT2D eigenvalue weighted by molar-refractivity contribution is 8.00. The number of thioether (sulfide) groups is 1.